The number of halogens is 1. The van der Waals surface area contributed by atoms with Crippen LogP contribution in [0.1, 0.15) is 23.3 Å². The van der Waals surface area contributed by atoms with Crippen molar-refractivity contribution in [2.45, 2.75) is 30.9 Å². The fourth-order valence-electron chi connectivity index (χ4n) is 2.43. The summed E-state index contributed by atoms with van der Waals surface area (Å²) >= 11 is 1.36. The maximum atomic E-state index is 12.6. The van der Waals surface area contributed by atoms with Crippen LogP contribution >= 0.6 is 23.7 Å². The Bertz CT molecular complexity index is 528. The van der Waals surface area contributed by atoms with E-state index in [4.69, 9.17) is 5.73 Å². The third-order valence-corrected chi connectivity index (χ3v) is 7.02. The van der Waals surface area contributed by atoms with E-state index >= 15 is 0 Å². The van der Waals surface area contributed by atoms with E-state index in [2.05, 4.69) is 0 Å². The molecule has 1 atom stereocenters. The van der Waals surface area contributed by atoms with Crippen molar-refractivity contribution in [2.24, 2.45) is 11.7 Å². The van der Waals surface area contributed by atoms with Crippen LogP contribution in [0, 0.1) is 19.8 Å². The molecule has 0 saturated carbocycles. The Kier molecular flexibility index (Phi) is 5.82. The van der Waals surface area contributed by atoms with Crippen LogP contribution in [0.4, 0.5) is 0 Å². The maximum absolute atomic E-state index is 12.6. The third kappa shape index (κ3) is 3.49. The van der Waals surface area contributed by atoms with E-state index in [1.807, 2.05) is 19.9 Å². The molecule has 1 fully saturated rings. The van der Waals surface area contributed by atoms with Gasteiger partial charge in [-0.15, -0.1) is 23.7 Å². The molecule has 4 nitrogen and oxygen atoms in total. The molecule has 2 heterocycles. The summed E-state index contributed by atoms with van der Waals surface area (Å²) in [4.78, 5) is 1.04. The SMILES string of the molecule is Cc1cc(C)c(S(=O)(=O)N2CCCC(CN)C2)s1.Cl. The molecule has 1 aromatic rings. The second-order valence-electron chi connectivity index (χ2n) is 4.93. The lowest BCUT2D eigenvalue weighted by atomic mass is 10.0. The summed E-state index contributed by atoms with van der Waals surface area (Å²) in [6, 6.07) is 1.93. The van der Waals surface area contributed by atoms with Gasteiger partial charge in [0.2, 0.25) is 0 Å². The predicted molar refractivity (Wildman–Crippen MR) is 81.6 cm³/mol. The molecule has 1 aromatic heterocycles. The van der Waals surface area contributed by atoms with Gasteiger partial charge in [0.05, 0.1) is 0 Å². The molecule has 1 unspecified atom stereocenters. The predicted octanol–water partition coefficient (Wildman–Crippen LogP) is 2.15. The summed E-state index contributed by atoms with van der Waals surface area (Å²) in [6.45, 7) is 5.55. The van der Waals surface area contributed by atoms with Crippen LogP contribution in [0.2, 0.25) is 0 Å². The molecule has 0 spiro atoms. The van der Waals surface area contributed by atoms with E-state index in [1.54, 1.807) is 4.31 Å². The molecule has 1 aliphatic rings. The molecule has 0 amide bonds. The molecular formula is C12H21ClN2O2S2. The number of piperidine rings is 1. The van der Waals surface area contributed by atoms with E-state index < -0.39 is 10.0 Å². The average Bonchev–Trinajstić information content (AvgIpc) is 2.69. The minimum atomic E-state index is -3.32. The van der Waals surface area contributed by atoms with Crippen molar-refractivity contribution in [2.75, 3.05) is 19.6 Å². The topological polar surface area (TPSA) is 63.4 Å². The van der Waals surface area contributed by atoms with Crippen molar-refractivity contribution in [1.82, 2.24) is 4.31 Å². The van der Waals surface area contributed by atoms with Gasteiger partial charge in [-0.05, 0) is 50.8 Å². The summed E-state index contributed by atoms with van der Waals surface area (Å²) < 4.78 is 27.3. The van der Waals surface area contributed by atoms with Gasteiger partial charge in [-0.25, -0.2) is 8.42 Å². The quantitative estimate of drug-likeness (QED) is 0.926. The van der Waals surface area contributed by atoms with Crippen LogP contribution in [0.5, 0.6) is 0 Å². The normalized spacial score (nSPS) is 21.1. The van der Waals surface area contributed by atoms with Crippen LogP contribution in [0.25, 0.3) is 0 Å². The van der Waals surface area contributed by atoms with Gasteiger partial charge in [0.1, 0.15) is 4.21 Å². The highest BCUT2D eigenvalue weighted by molar-refractivity contribution is 7.91. The molecular weight excluding hydrogens is 304 g/mol. The monoisotopic (exact) mass is 324 g/mol. The van der Waals surface area contributed by atoms with Crippen LogP contribution in [0.3, 0.4) is 0 Å². The fourth-order valence-corrected chi connectivity index (χ4v) is 5.79. The Hall–Kier alpha value is -0.140. The molecule has 1 saturated heterocycles. The van der Waals surface area contributed by atoms with Crippen molar-refractivity contribution in [3.05, 3.63) is 16.5 Å². The minimum Gasteiger partial charge on any atom is -0.330 e. The lowest BCUT2D eigenvalue weighted by Crippen LogP contribution is -2.41. The van der Waals surface area contributed by atoms with Crippen molar-refractivity contribution in [3.8, 4) is 0 Å². The van der Waals surface area contributed by atoms with Crippen molar-refractivity contribution in [1.29, 1.82) is 0 Å². The molecule has 2 N–H and O–H groups in total. The first-order valence-corrected chi connectivity index (χ1v) is 8.48. The largest absolute Gasteiger partial charge is 0.330 e. The van der Waals surface area contributed by atoms with Crippen LogP contribution in [0.15, 0.2) is 10.3 Å². The molecule has 0 bridgehead atoms. The number of nitrogens with two attached hydrogens (primary N) is 1. The first-order valence-electron chi connectivity index (χ1n) is 6.22. The number of thiophene rings is 1. The van der Waals surface area contributed by atoms with E-state index in [0.717, 1.165) is 23.3 Å². The number of sulfonamides is 1. The number of rotatable bonds is 3. The third-order valence-electron chi connectivity index (χ3n) is 3.38. The Balaban J connectivity index is 0.00000180. The Morgan fingerprint density at radius 3 is 2.68 bits per heavy atom. The van der Waals surface area contributed by atoms with Gasteiger partial charge < -0.3 is 5.73 Å². The lowest BCUT2D eigenvalue weighted by molar-refractivity contribution is 0.272. The molecule has 19 heavy (non-hydrogen) atoms. The van der Waals surface area contributed by atoms with Gasteiger partial charge in [0, 0.05) is 18.0 Å². The van der Waals surface area contributed by atoms with Gasteiger partial charge in [-0.3, -0.25) is 0 Å². The van der Waals surface area contributed by atoms with E-state index in [-0.39, 0.29) is 12.4 Å². The smallest absolute Gasteiger partial charge is 0.252 e. The summed E-state index contributed by atoms with van der Waals surface area (Å²) in [5.41, 5.74) is 6.52. The second-order valence-corrected chi connectivity index (χ2v) is 8.32. The van der Waals surface area contributed by atoms with Gasteiger partial charge in [0.25, 0.3) is 10.0 Å². The van der Waals surface area contributed by atoms with Gasteiger partial charge in [0.15, 0.2) is 0 Å². The molecule has 0 aromatic carbocycles. The first kappa shape index (κ1) is 16.9. The summed E-state index contributed by atoms with van der Waals surface area (Å²) in [5.74, 6) is 0.301. The number of aryl methyl sites for hydroxylation is 2. The standard InChI is InChI=1S/C12H20N2O2S2.ClH/c1-9-6-10(2)17-12(9)18(15,16)14-5-3-4-11(7-13)8-14;/h6,11H,3-5,7-8,13H2,1-2H3;1H. The average molecular weight is 325 g/mol. The van der Waals surface area contributed by atoms with Crippen LogP contribution in [-0.2, 0) is 10.0 Å². The van der Waals surface area contributed by atoms with Gasteiger partial charge >= 0.3 is 0 Å². The second kappa shape index (κ2) is 6.54. The summed E-state index contributed by atoms with van der Waals surface area (Å²) in [5, 5.41) is 0. The van der Waals surface area contributed by atoms with E-state index in [1.165, 1.54) is 11.3 Å². The highest BCUT2D eigenvalue weighted by Crippen LogP contribution is 2.31. The lowest BCUT2D eigenvalue weighted by Gasteiger charge is -2.31. The van der Waals surface area contributed by atoms with Crippen molar-refractivity contribution >= 4 is 33.8 Å². The molecule has 110 valence electrons. The minimum absolute atomic E-state index is 0. The number of hydrogen-bond donors (Lipinski definition) is 1. The van der Waals surface area contributed by atoms with E-state index in [9.17, 15) is 8.42 Å². The summed E-state index contributed by atoms with van der Waals surface area (Å²) in [7, 11) is -3.32. The fraction of sp³-hybridized carbons (Fsp3) is 0.667. The highest BCUT2D eigenvalue weighted by atomic mass is 35.5. The zero-order valence-electron chi connectivity index (χ0n) is 11.3. The number of nitrogens with zero attached hydrogens (tertiary/aromatic N) is 1. The molecule has 0 radical (unpaired) electrons. The van der Waals surface area contributed by atoms with Crippen LogP contribution in [-0.4, -0.2) is 32.4 Å². The zero-order valence-corrected chi connectivity index (χ0v) is 13.7. The van der Waals surface area contributed by atoms with Crippen molar-refractivity contribution in [3.63, 3.8) is 0 Å². The molecule has 7 heteroatoms. The van der Waals surface area contributed by atoms with Gasteiger partial charge in [-0.1, -0.05) is 0 Å². The van der Waals surface area contributed by atoms with Crippen molar-refractivity contribution < 1.29 is 8.42 Å². The Morgan fingerprint density at radius 2 is 2.16 bits per heavy atom. The molecule has 2 rings (SSSR count). The first-order chi connectivity index (χ1) is 8.45. The van der Waals surface area contributed by atoms with E-state index in [0.29, 0.717) is 29.8 Å². The maximum Gasteiger partial charge on any atom is 0.252 e. The van der Waals surface area contributed by atoms with Gasteiger partial charge in [-0.2, -0.15) is 4.31 Å². The Morgan fingerprint density at radius 1 is 1.47 bits per heavy atom. The van der Waals surface area contributed by atoms with Crippen LogP contribution < -0.4 is 5.73 Å². The highest BCUT2D eigenvalue weighted by Gasteiger charge is 2.31. The zero-order chi connectivity index (χ0) is 13.3. The Labute approximate surface area is 125 Å². The number of hydrogen-bond acceptors (Lipinski definition) is 4. The molecule has 0 aliphatic carbocycles. The summed E-state index contributed by atoms with van der Waals surface area (Å²) in [6.07, 6.45) is 1.94. The molecule has 1 aliphatic heterocycles.